The fraction of sp³-hybridized carbons (Fsp3) is 0.333. The van der Waals surface area contributed by atoms with E-state index in [-0.39, 0.29) is 0 Å². The summed E-state index contributed by atoms with van der Waals surface area (Å²) in [5.74, 6) is 0. The average Bonchev–Trinajstić information content (AvgIpc) is 2.59. The second-order valence-corrected chi connectivity index (χ2v) is 7.79. The zero-order valence-corrected chi connectivity index (χ0v) is 18.0. The molecule has 0 aliphatic heterocycles. The summed E-state index contributed by atoms with van der Waals surface area (Å²) < 4.78 is 0. The zero-order chi connectivity index (χ0) is 19.9. The van der Waals surface area contributed by atoms with Gasteiger partial charge in [-0.05, 0) is 86.2 Å². The molecule has 0 spiro atoms. The quantitative estimate of drug-likeness (QED) is 0.459. The Balaban J connectivity index is 0.000000263. The Morgan fingerprint density at radius 3 is 2.12 bits per heavy atom. The third-order valence-electron chi connectivity index (χ3n) is 4.54. The lowest BCUT2D eigenvalue weighted by Crippen LogP contribution is -1.98. The van der Waals surface area contributed by atoms with E-state index in [4.69, 9.17) is 5.73 Å². The van der Waals surface area contributed by atoms with Crippen molar-refractivity contribution in [3.63, 3.8) is 0 Å². The smallest absolute Gasteiger partial charge is 0.0346 e. The summed E-state index contributed by atoms with van der Waals surface area (Å²) in [5, 5.41) is 0. The van der Waals surface area contributed by atoms with Crippen molar-refractivity contribution in [2.24, 2.45) is 0 Å². The zero-order valence-electron chi connectivity index (χ0n) is 17.2. The van der Waals surface area contributed by atoms with Gasteiger partial charge in [-0.3, -0.25) is 0 Å². The molecule has 0 bridgehead atoms. The van der Waals surface area contributed by atoms with Crippen molar-refractivity contribution in [2.75, 3.05) is 12.0 Å². The van der Waals surface area contributed by atoms with Crippen molar-refractivity contribution < 1.29 is 0 Å². The van der Waals surface area contributed by atoms with Gasteiger partial charge in [0.2, 0.25) is 0 Å². The lowest BCUT2D eigenvalue weighted by atomic mass is 9.96. The number of anilines is 1. The number of hydrogen-bond donors (Lipinski definition) is 1. The second kappa shape index (κ2) is 10.3. The number of allylic oxidation sites excluding steroid dienone is 1. The fourth-order valence-electron chi connectivity index (χ4n) is 2.68. The van der Waals surface area contributed by atoms with Gasteiger partial charge in [-0.25, -0.2) is 0 Å². The molecule has 0 radical (unpaired) electrons. The highest BCUT2D eigenvalue weighted by atomic mass is 32.2. The first-order chi connectivity index (χ1) is 12.2. The molecule has 2 aromatic rings. The number of nitrogens with two attached hydrogens (primary N) is 1. The fourth-order valence-corrected chi connectivity index (χ4v) is 3.05. The van der Waals surface area contributed by atoms with Crippen LogP contribution < -0.4 is 5.73 Å². The molecule has 2 N–H and O–H groups in total. The first-order valence-electron chi connectivity index (χ1n) is 9.02. The largest absolute Gasteiger partial charge is 0.399 e. The molecular formula is C24H33NS. The number of hydrogen-bond acceptors (Lipinski definition) is 2. The molecule has 26 heavy (non-hydrogen) atoms. The van der Waals surface area contributed by atoms with Gasteiger partial charge in [-0.2, -0.15) is 0 Å². The Labute approximate surface area is 164 Å². The van der Waals surface area contributed by atoms with Gasteiger partial charge in [-0.1, -0.05) is 49.9 Å². The van der Waals surface area contributed by atoms with Gasteiger partial charge in [0, 0.05) is 10.6 Å². The maximum Gasteiger partial charge on any atom is 0.0346 e. The number of thioether (sulfide) groups is 1. The Morgan fingerprint density at radius 2 is 1.62 bits per heavy atom. The molecule has 0 unspecified atom stereocenters. The van der Waals surface area contributed by atoms with Gasteiger partial charge in [0.05, 0.1) is 0 Å². The van der Waals surface area contributed by atoms with Crippen molar-refractivity contribution in [1.82, 2.24) is 0 Å². The molecule has 0 amide bonds. The van der Waals surface area contributed by atoms with Crippen molar-refractivity contribution in [2.45, 2.75) is 47.5 Å². The van der Waals surface area contributed by atoms with Gasteiger partial charge in [0.15, 0.2) is 0 Å². The number of rotatable bonds is 5. The van der Waals surface area contributed by atoms with Crippen LogP contribution >= 0.6 is 11.8 Å². The molecule has 2 aromatic carbocycles. The van der Waals surface area contributed by atoms with E-state index in [2.05, 4.69) is 84.4 Å². The normalized spacial score (nSPS) is 10.1. The van der Waals surface area contributed by atoms with E-state index in [9.17, 15) is 0 Å². The lowest BCUT2D eigenvalue weighted by molar-refractivity contribution is 1.04. The Hall–Kier alpha value is -1.93. The summed E-state index contributed by atoms with van der Waals surface area (Å²) in [7, 11) is 0. The van der Waals surface area contributed by atoms with Crippen LogP contribution in [0.15, 0.2) is 49.1 Å². The van der Waals surface area contributed by atoms with Crippen molar-refractivity contribution in [3.8, 4) is 0 Å². The molecule has 0 fully saturated rings. The minimum atomic E-state index is 0.896. The standard InChI is InChI=1S/C13H19N.C11H14S/c1-5-11-8-13(14)10(4)7-12(11)6-9(2)3;1-8-5-6-11(7-9(8)2)10(3)12-4/h7-8H,2,5-6,14H2,1,3-4H3;5-7H,3H2,1-2,4H3. The molecule has 0 atom stereocenters. The number of nitrogen functional groups attached to an aromatic ring is 1. The molecular weight excluding hydrogens is 334 g/mol. The van der Waals surface area contributed by atoms with Crippen LogP contribution in [0.25, 0.3) is 4.91 Å². The van der Waals surface area contributed by atoms with Crippen molar-refractivity contribution in [1.29, 1.82) is 0 Å². The second-order valence-electron chi connectivity index (χ2n) is 6.89. The lowest BCUT2D eigenvalue weighted by Gasteiger charge is -2.11. The predicted molar refractivity (Wildman–Crippen MR) is 122 cm³/mol. The highest BCUT2D eigenvalue weighted by Gasteiger charge is 2.04. The molecule has 1 nitrogen and oxygen atoms in total. The maximum atomic E-state index is 5.87. The van der Waals surface area contributed by atoms with E-state index in [1.165, 1.54) is 39.0 Å². The predicted octanol–water partition coefficient (Wildman–Crippen LogP) is 6.90. The van der Waals surface area contributed by atoms with Crippen molar-refractivity contribution in [3.05, 3.63) is 82.4 Å². The molecule has 2 heteroatoms. The SMILES string of the molecule is C=C(C)Cc1cc(C)c(N)cc1CC.C=C(SC)c1ccc(C)c(C)c1. The highest BCUT2D eigenvalue weighted by Crippen LogP contribution is 2.24. The minimum Gasteiger partial charge on any atom is -0.399 e. The van der Waals surface area contributed by atoms with Crippen LogP contribution in [0.3, 0.4) is 0 Å². The monoisotopic (exact) mass is 367 g/mol. The van der Waals surface area contributed by atoms with Crippen LogP contribution in [0.4, 0.5) is 5.69 Å². The van der Waals surface area contributed by atoms with E-state index in [0.717, 1.165) is 23.4 Å². The maximum absolute atomic E-state index is 5.87. The first-order valence-corrected chi connectivity index (χ1v) is 10.2. The van der Waals surface area contributed by atoms with Crippen LogP contribution in [0.5, 0.6) is 0 Å². The van der Waals surface area contributed by atoms with Gasteiger partial charge in [-0.15, -0.1) is 11.8 Å². The van der Waals surface area contributed by atoms with Crippen LogP contribution in [0.2, 0.25) is 0 Å². The van der Waals surface area contributed by atoms with E-state index in [0.29, 0.717) is 0 Å². The Kier molecular flexibility index (Phi) is 8.74. The van der Waals surface area contributed by atoms with Gasteiger partial charge in [0.1, 0.15) is 0 Å². The number of aryl methyl sites for hydroxylation is 4. The molecule has 0 saturated carbocycles. The first kappa shape index (κ1) is 22.1. The van der Waals surface area contributed by atoms with E-state index in [1.807, 2.05) is 0 Å². The van der Waals surface area contributed by atoms with Crippen LogP contribution in [0, 0.1) is 20.8 Å². The summed E-state index contributed by atoms with van der Waals surface area (Å²) in [4.78, 5) is 1.14. The summed E-state index contributed by atoms with van der Waals surface area (Å²) in [6.45, 7) is 18.5. The summed E-state index contributed by atoms with van der Waals surface area (Å²) >= 11 is 1.70. The Morgan fingerprint density at radius 1 is 0.962 bits per heavy atom. The van der Waals surface area contributed by atoms with Crippen LogP contribution in [0.1, 0.15) is 47.2 Å². The molecule has 0 aliphatic rings. The molecule has 0 aliphatic carbocycles. The highest BCUT2D eigenvalue weighted by molar-refractivity contribution is 8.07. The summed E-state index contributed by atoms with van der Waals surface area (Å²) in [6.07, 6.45) is 4.05. The van der Waals surface area contributed by atoms with E-state index in [1.54, 1.807) is 11.8 Å². The minimum absolute atomic E-state index is 0.896. The van der Waals surface area contributed by atoms with E-state index < -0.39 is 0 Å². The van der Waals surface area contributed by atoms with Crippen LogP contribution in [-0.2, 0) is 12.8 Å². The van der Waals surface area contributed by atoms with Gasteiger partial charge < -0.3 is 5.73 Å². The third kappa shape index (κ3) is 6.42. The molecule has 0 heterocycles. The summed E-state index contributed by atoms with van der Waals surface area (Å²) in [6, 6.07) is 10.7. The molecule has 140 valence electrons. The van der Waals surface area contributed by atoms with Gasteiger partial charge in [0.25, 0.3) is 0 Å². The molecule has 0 saturated heterocycles. The molecule has 2 rings (SSSR count). The summed E-state index contributed by atoms with van der Waals surface area (Å²) in [5.41, 5.74) is 15.8. The van der Waals surface area contributed by atoms with E-state index >= 15 is 0 Å². The van der Waals surface area contributed by atoms with Crippen molar-refractivity contribution >= 4 is 22.4 Å². The van der Waals surface area contributed by atoms with Crippen LogP contribution in [-0.4, -0.2) is 6.26 Å². The average molecular weight is 368 g/mol. The topological polar surface area (TPSA) is 26.0 Å². The van der Waals surface area contributed by atoms with Gasteiger partial charge >= 0.3 is 0 Å². The number of benzene rings is 2. The molecule has 0 aromatic heterocycles. The Bertz CT molecular complexity index is 787. The third-order valence-corrected chi connectivity index (χ3v) is 5.27.